The molecule has 1 aromatic rings. The Labute approximate surface area is 93.8 Å². The van der Waals surface area contributed by atoms with E-state index >= 15 is 0 Å². The quantitative estimate of drug-likeness (QED) is 0.569. The molecule has 0 spiro atoms. The first-order valence-corrected chi connectivity index (χ1v) is 4.77. The van der Waals surface area contributed by atoms with Gasteiger partial charge in [-0.05, 0) is 12.1 Å². The van der Waals surface area contributed by atoms with Gasteiger partial charge in [0.15, 0.2) is 0 Å². The fourth-order valence-electron chi connectivity index (χ4n) is 1.24. The molecule has 4 heteroatoms. The van der Waals surface area contributed by atoms with Gasteiger partial charge in [-0.2, -0.15) is 0 Å². The molecule has 0 aliphatic rings. The number of hydrogen-bond donors (Lipinski definition) is 2. The van der Waals surface area contributed by atoms with E-state index in [-0.39, 0.29) is 17.0 Å². The van der Waals surface area contributed by atoms with Gasteiger partial charge in [-0.15, -0.1) is 12.3 Å². The molecule has 0 saturated carbocycles. The van der Waals surface area contributed by atoms with Crippen molar-refractivity contribution in [1.82, 2.24) is 5.32 Å². The van der Waals surface area contributed by atoms with E-state index in [2.05, 4.69) is 11.2 Å². The Morgan fingerprint density at radius 3 is 2.50 bits per heavy atom. The SMILES string of the molecule is C#CCCNC(=O)c1ccccc1C(N)=O. The maximum absolute atomic E-state index is 11.7. The molecule has 0 unspecified atom stereocenters. The van der Waals surface area contributed by atoms with Gasteiger partial charge in [0.05, 0.1) is 11.1 Å². The smallest absolute Gasteiger partial charge is 0.252 e. The van der Waals surface area contributed by atoms with Crippen molar-refractivity contribution in [2.24, 2.45) is 5.73 Å². The number of primary amides is 1. The molecule has 2 amide bonds. The summed E-state index contributed by atoms with van der Waals surface area (Å²) in [5, 5.41) is 2.61. The van der Waals surface area contributed by atoms with Crippen molar-refractivity contribution in [3.63, 3.8) is 0 Å². The molecule has 0 aromatic heterocycles. The number of benzene rings is 1. The molecule has 0 radical (unpaired) electrons. The van der Waals surface area contributed by atoms with Gasteiger partial charge in [0.1, 0.15) is 0 Å². The van der Waals surface area contributed by atoms with Crippen molar-refractivity contribution in [2.45, 2.75) is 6.42 Å². The van der Waals surface area contributed by atoms with Crippen LogP contribution in [0.5, 0.6) is 0 Å². The van der Waals surface area contributed by atoms with Gasteiger partial charge in [0, 0.05) is 13.0 Å². The lowest BCUT2D eigenvalue weighted by atomic mass is 10.1. The average molecular weight is 216 g/mol. The summed E-state index contributed by atoms with van der Waals surface area (Å²) in [4.78, 5) is 22.7. The molecule has 3 N–H and O–H groups in total. The highest BCUT2D eigenvalue weighted by Gasteiger charge is 2.13. The number of terminal acetylenes is 1. The Bertz CT molecular complexity index is 447. The number of amides is 2. The Balaban J connectivity index is 2.83. The number of nitrogens with one attached hydrogen (secondary N) is 1. The fourth-order valence-corrected chi connectivity index (χ4v) is 1.24. The third-order valence-electron chi connectivity index (χ3n) is 1.99. The van der Waals surface area contributed by atoms with E-state index in [1.807, 2.05) is 0 Å². The molecular weight excluding hydrogens is 204 g/mol. The summed E-state index contributed by atoms with van der Waals surface area (Å²) in [5.74, 6) is 1.44. The van der Waals surface area contributed by atoms with E-state index in [1.54, 1.807) is 18.2 Å². The summed E-state index contributed by atoms with van der Waals surface area (Å²) in [6.45, 7) is 0.377. The predicted molar refractivity (Wildman–Crippen MR) is 60.7 cm³/mol. The van der Waals surface area contributed by atoms with Crippen molar-refractivity contribution in [1.29, 1.82) is 0 Å². The van der Waals surface area contributed by atoms with Crippen LogP contribution in [0.15, 0.2) is 24.3 Å². The number of rotatable bonds is 4. The highest BCUT2D eigenvalue weighted by atomic mass is 16.2. The lowest BCUT2D eigenvalue weighted by molar-refractivity contribution is 0.0937. The van der Waals surface area contributed by atoms with Crippen molar-refractivity contribution < 1.29 is 9.59 Å². The van der Waals surface area contributed by atoms with Crippen LogP contribution in [0.1, 0.15) is 27.1 Å². The number of hydrogen-bond acceptors (Lipinski definition) is 2. The molecule has 0 heterocycles. The number of carbonyl (C=O) groups excluding carboxylic acids is 2. The Morgan fingerprint density at radius 2 is 1.94 bits per heavy atom. The minimum absolute atomic E-state index is 0.209. The molecule has 0 aliphatic heterocycles. The van der Waals surface area contributed by atoms with Crippen molar-refractivity contribution >= 4 is 11.8 Å². The standard InChI is InChI=1S/C12H12N2O2/c1-2-3-8-14-12(16)10-7-5-4-6-9(10)11(13)15/h1,4-7H,3,8H2,(H2,13,15)(H,14,16). The molecule has 0 fully saturated rings. The summed E-state index contributed by atoms with van der Waals surface area (Å²) < 4.78 is 0. The first-order valence-electron chi connectivity index (χ1n) is 4.77. The van der Waals surface area contributed by atoms with Crippen molar-refractivity contribution in [3.8, 4) is 12.3 Å². The highest BCUT2D eigenvalue weighted by molar-refractivity contribution is 6.06. The maximum Gasteiger partial charge on any atom is 0.252 e. The first-order chi connectivity index (χ1) is 7.66. The second-order valence-electron chi connectivity index (χ2n) is 3.12. The van der Waals surface area contributed by atoms with Crippen LogP contribution in [-0.2, 0) is 0 Å². The van der Waals surface area contributed by atoms with Crippen LogP contribution in [0.4, 0.5) is 0 Å². The summed E-state index contributed by atoms with van der Waals surface area (Å²) in [6, 6.07) is 6.38. The van der Waals surface area contributed by atoms with Crippen LogP contribution >= 0.6 is 0 Å². The largest absolute Gasteiger partial charge is 0.366 e. The molecule has 0 aliphatic carbocycles. The Kier molecular flexibility index (Phi) is 4.10. The molecular formula is C12H12N2O2. The summed E-state index contributed by atoms with van der Waals surface area (Å²) >= 11 is 0. The molecule has 0 atom stereocenters. The summed E-state index contributed by atoms with van der Waals surface area (Å²) in [6.07, 6.45) is 5.51. The van der Waals surface area contributed by atoms with Gasteiger partial charge in [-0.3, -0.25) is 9.59 Å². The van der Waals surface area contributed by atoms with Crippen molar-refractivity contribution in [2.75, 3.05) is 6.54 Å². The lowest BCUT2D eigenvalue weighted by Crippen LogP contribution is -2.27. The molecule has 0 bridgehead atoms. The number of nitrogens with two attached hydrogens (primary N) is 1. The molecule has 0 saturated heterocycles. The zero-order chi connectivity index (χ0) is 12.0. The number of carbonyl (C=O) groups is 2. The van der Waals surface area contributed by atoms with Crippen LogP contribution in [0.3, 0.4) is 0 Å². The zero-order valence-corrected chi connectivity index (χ0v) is 8.69. The average Bonchev–Trinajstić information content (AvgIpc) is 2.29. The van der Waals surface area contributed by atoms with E-state index in [1.165, 1.54) is 6.07 Å². The van der Waals surface area contributed by atoms with Crippen LogP contribution in [-0.4, -0.2) is 18.4 Å². The Hall–Kier alpha value is -2.28. The zero-order valence-electron chi connectivity index (χ0n) is 8.69. The molecule has 4 nitrogen and oxygen atoms in total. The fraction of sp³-hybridized carbons (Fsp3) is 0.167. The third kappa shape index (κ3) is 2.85. The van der Waals surface area contributed by atoms with Gasteiger partial charge in [-0.1, -0.05) is 12.1 Å². The second kappa shape index (κ2) is 5.56. The Morgan fingerprint density at radius 1 is 1.31 bits per heavy atom. The molecule has 1 rings (SSSR count). The van der Waals surface area contributed by atoms with Gasteiger partial charge in [0.2, 0.25) is 5.91 Å². The summed E-state index contributed by atoms with van der Waals surface area (Å²) in [5.41, 5.74) is 5.64. The van der Waals surface area contributed by atoms with Crippen LogP contribution in [0.2, 0.25) is 0 Å². The second-order valence-corrected chi connectivity index (χ2v) is 3.12. The van der Waals surface area contributed by atoms with Gasteiger partial charge < -0.3 is 11.1 Å². The van der Waals surface area contributed by atoms with Crippen LogP contribution in [0, 0.1) is 12.3 Å². The van der Waals surface area contributed by atoms with E-state index in [0.717, 1.165) is 0 Å². The topological polar surface area (TPSA) is 72.2 Å². The molecule has 16 heavy (non-hydrogen) atoms. The third-order valence-corrected chi connectivity index (χ3v) is 1.99. The van der Waals surface area contributed by atoms with Crippen molar-refractivity contribution in [3.05, 3.63) is 35.4 Å². The minimum Gasteiger partial charge on any atom is -0.366 e. The van der Waals surface area contributed by atoms with Gasteiger partial charge >= 0.3 is 0 Å². The monoisotopic (exact) mass is 216 g/mol. The van der Waals surface area contributed by atoms with E-state index in [9.17, 15) is 9.59 Å². The van der Waals surface area contributed by atoms with E-state index < -0.39 is 5.91 Å². The lowest BCUT2D eigenvalue weighted by Gasteiger charge is -2.06. The predicted octanol–water partition coefficient (Wildman–Crippen LogP) is 0.539. The maximum atomic E-state index is 11.7. The van der Waals surface area contributed by atoms with Gasteiger partial charge in [0.25, 0.3) is 5.91 Å². The van der Waals surface area contributed by atoms with E-state index in [4.69, 9.17) is 12.2 Å². The van der Waals surface area contributed by atoms with Crippen LogP contribution in [0.25, 0.3) is 0 Å². The van der Waals surface area contributed by atoms with E-state index in [0.29, 0.717) is 13.0 Å². The molecule has 1 aromatic carbocycles. The highest BCUT2D eigenvalue weighted by Crippen LogP contribution is 2.07. The minimum atomic E-state index is -0.623. The molecule has 82 valence electrons. The van der Waals surface area contributed by atoms with Crippen LogP contribution < -0.4 is 11.1 Å². The normalized spacial score (nSPS) is 9.19. The van der Waals surface area contributed by atoms with Gasteiger partial charge in [-0.25, -0.2) is 0 Å². The first kappa shape index (κ1) is 11.8. The summed E-state index contributed by atoms with van der Waals surface area (Å²) in [7, 11) is 0.